The summed E-state index contributed by atoms with van der Waals surface area (Å²) in [5.41, 5.74) is 3.46. The van der Waals surface area contributed by atoms with Gasteiger partial charge in [0.2, 0.25) is 5.91 Å². The molecule has 4 heterocycles. The van der Waals surface area contributed by atoms with Gasteiger partial charge in [-0.3, -0.25) is 9.78 Å². The number of amides is 1. The van der Waals surface area contributed by atoms with E-state index in [1.807, 2.05) is 23.2 Å². The fourth-order valence-corrected chi connectivity index (χ4v) is 4.53. The van der Waals surface area contributed by atoms with Gasteiger partial charge in [0, 0.05) is 68.8 Å². The van der Waals surface area contributed by atoms with Crippen LogP contribution in [0.3, 0.4) is 0 Å². The molecule has 0 N–H and O–H groups in total. The summed E-state index contributed by atoms with van der Waals surface area (Å²) in [6.45, 7) is 5.62. The van der Waals surface area contributed by atoms with Crippen molar-refractivity contribution in [2.24, 2.45) is 0 Å². The molecule has 0 aliphatic carbocycles. The molecule has 30 heavy (non-hydrogen) atoms. The molecule has 2 aliphatic rings. The lowest BCUT2D eigenvalue weighted by atomic mass is 9.96. The molecule has 4 rings (SSSR count). The number of aromatic nitrogens is 3. The van der Waals surface area contributed by atoms with Crippen molar-refractivity contribution >= 4 is 11.7 Å². The van der Waals surface area contributed by atoms with Gasteiger partial charge in [-0.1, -0.05) is 6.07 Å². The first kappa shape index (κ1) is 20.7. The second-order valence-electron chi connectivity index (χ2n) is 8.24. The van der Waals surface area contributed by atoms with E-state index in [-0.39, 0.29) is 18.4 Å². The third-order valence-corrected chi connectivity index (χ3v) is 6.13. The Bertz CT molecular complexity index is 873. The van der Waals surface area contributed by atoms with Gasteiger partial charge in [0.15, 0.2) is 0 Å². The molecule has 7 nitrogen and oxygen atoms in total. The molecule has 1 saturated heterocycles. The predicted octanol–water partition coefficient (Wildman–Crippen LogP) is 2.53. The maximum Gasteiger partial charge on any atom is 0.248 e. The van der Waals surface area contributed by atoms with Crippen LogP contribution in [0.4, 0.5) is 5.82 Å². The third kappa shape index (κ3) is 4.61. The van der Waals surface area contributed by atoms with Crippen molar-refractivity contribution in [3.05, 3.63) is 47.2 Å². The van der Waals surface area contributed by atoms with E-state index in [0.717, 1.165) is 74.8 Å². The molecule has 0 saturated carbocycles. The highest BCUT2D eigenvalue weighted by atomic mass is 16.5. The zero-order valence-corrected chi connectivity index (χ0v) is 18.0. The van der Waals surface area contributed by atoms with E-state index in [4.69, 9.17) is 14.7 Å². The van der Waals surface area contributed by atoms with Gasteiger partial charge in [-0.2, -0.15) is 0 Å². The second kappa shape index (κ2) is 9.51. The summed E-state index contributed by atoms with van der Waals surface area (Å²) in [6.07, 6.45) is 6.91. The number of methoxy groups -OCH3 is 1. The molecule has 2 aromatic rings. The minimum absolute atomic E-state index is 0.0499. The van der Waals surface area contributed by atoms with Gasteiger partial charge >= 0.3 is 0 Å². The first-order chi connectivity index (χ1) is 14.7. The van der Waals surface area contributed by atoms with Crippen molar-refractivity contribution in [1.82, 2.24) is 19.9 Å². The van der Waals surface area contributed by atoms with E-state index in [0.29, 0.717) is 6.54 Å². The van der Waals surface area contributed by atoms with Crippen molar-refractivity contribution in [3.8, 4) is 0 Å². The molecule has 0 radical (unpaired) electrons. The topological polar surface area (TPSA) is 71.5 Å². The van der Waals surface area contributed by atoms with E-state index >= 15 is 0 Å². The maximum atomic E-state index is 12.3. The zero-order chi connectivity index (χ0) is 20.9. The van der Waals surface area contributed by atoms with Crippen LogP contribution in [-0.2, 0) is 22.4 Å². The Morgan fingerprint density at radius 2 is 2.13 bits per heavy atom. The molecule has 7 heteroatoms. The minimum Gasteiger partial charge on any atom is -0.375 e. The number of pyridine rings is 1. The van der Waals surface area contributed by atoms with Gasteiger partial charge in [-0.05, 0) is 44.7 Å². The summed E-state index contributed by atoms with van der Waals surface area (Å²) in [6, 6.07) is 6.07. The fraction of sp³-hybridized carbons (Fsp3) is 0.565. The van der Waals surface area contributed by atoms with Crippen LogP contribution in [0, 0.1) is 6.92 Å². The average molecular weight is 410 g/mol. The number of carbonyl (C=O) groups excluding carboxylic acids is 1. The van der Waals surface area contributed by atoms with Crippen molar-refractivity contribution in [2.75, 3.05) is 44.8 Å². The number of ether oxygens (including phenoxy) is 1. The predicted molar refractivity (Wildman–Crippen MR) is 116 cm³/mol. The lowest BCUT2D eigenvalue weighted by molar-refractivity contribution is -0.136. The average Bonchev–Trinajstić information content (AvgIpc) is 2.78. The van der Waals surface area contributed by atoms with E-state index < -0.39 is 0 Å². The molecule has 2 aliphatic heterocycles. The Kier molecular flexibility index (Phi) is 6.57. The molecule has 160 valence electrons. The van der Waals surface area contributed by atoms with Crippen LogP contribution in [0.15, 0.2) is 24.4 Å². The minimum atomic E-state index is 0.0499. The summed E-state index contributed by atoms with van der Waals surface area (Å²) >= 11 is 0. The van der Waals surface area contributed by atoms with Gasteiger partial charge in [0.1, 0.15) is 18.2 Å². The Labute approximate surface area is 178 Å². The van der Waals surface area contributed by atoms with Crippen LogP contribution in [0.1, 0.15) is 48.0 Å². The molecule has 2 aromatic heterocycles. The fourth-order valence-electron chi connectivity index (χ4n) is 4.53. The van der Waals surface area contributed by atoms with Crippen LogP contribution < -0.4 is 4.90 Å². The highest BCUT2D eigenvalue weighted by Gasteiger charge is 2.29. The van der Waals surface area contributed by atoms with Crippen LogP contribution in [0.25, 0.3) is 0 Å². The monoisotopic (exact) mass is 409 g/mol. The normalized spacial score (nSPS) is 18.9. The van der Waals surface area contributed by atoms with E-state index in [1.54, 1.807) is 7.11 Å². The van der Waals surface area contributed by atoms with Crippen molar-refractivity contribution in [2.45, 2.75) is 44.9 Å². The number of anilines is 1. The number of fused-ring (bicyclic) bond motifs is 1. The summed E-state index contributed by atoms with van der Waals surface area (Å²) in [5.74, 6) is 2.20. The number of hydrogen-bond acceptors (Lipinski definition) is 6. The Morgan fingerprint density at radius 1 is 1.23 bits per heavy atom. The number of likely N-dealkylation sites (tertiary alicyclic amines) is 1. The van der Waals surface area contributed by atoms with Crippen molar-refractivity contribution in [1.29, 1.82) is 0 Å². The Hall–Kier alpha value is -2.54. The standard InChI is InChI=1S/C23H31N5O2/c1-17-20-9-6-12-27(14-10-19-8-3-4-11-24-19)23(20)26-22(25-17)18-7-5-13-28(15-18)21(29)16-30-2/h3-4,8,11,18H,5-7,9-10,12-16H2,1-2H3. The highest BCUT2D eigenvalue weighted by Crippen LogP contribution is 2.31. The second-order valence-corrected chi connectivity index (χ2v) is 8.24. The van der Waals surface area contributed by atoms with E-state index in [1.165, 1.54) is 5.56 Å². The number of rotatable bonds is 6. The first-order valence-corrected chi connectivity index (χ1v) is 10.9. The van der Waals surface area contributed by atoms with Crippen molar-refractivity contribution < 1.29 is 9.53 Å². The summed E-state index contributed by atoms with van der Waals surface area (Å²) < 4.78 is 5.03. The van der Waals surface area contributed by atoms with Gasteiger partial charge in [-0.15, -0.1) is 0 Å². The zero-order valence-electron chi connectivity index (χ0n) is 18.0. The van der Waals surface area contributed by atoms with Gasteiger partial charge in [0.05, 0.1) is 0 Å². The summed E-state index contributed by atoms with van der Waals surface area (Å²) in [7, 11) is 1.56. The molecule has 1 fully saturated rings. The molecule has 0 spiro atoms. The largest absolute Gasteiger partial charge is 0.375 e. The van der Waals surface area contributed by atoms with Gasteiger partial charge < -0.3 is 14.5 Å². The molecular weight excluding hydrogens is 378 g/mol. The summed E-state index contributed by atoms with van der Waals surface area (Å²) in [5, 5.41) is 0. The third-order valence-electron chi connectivity index (χ3n) is 6.13. The molecule has 0 aromatic carbocycles. The number of hydrogen-bond donors (Lipinski definition) is 0. The lowest BCUT2D eigenvalue weighted by Crippen LogP contribution is -2.41. The Balaban J connectivity index is 1.53. The van der Waals surface area contributed by atoms with Crippen LogP contribution >= 0.6 is 0 Å². The van der Waals surface area contributed by atoms with Gasteiger partial charge in [-0.25, -0.2) is 9.97 Å². The number of carbonyl (C=O) groups is 1. The molecule has 1 atom stereocenters. The highest BCUT2D eigenvalue weighted by molar-refractivity contribution is 5.77. The quantitative estimate of drug-likeness (QED) is 0.730. The van der Waals surface area contributed by atoms with Gasteiger partial charge in [0.25, 0.3) is 0 Å². The summed E-state index contributed by atoms with van der Waals surface area (Å²) in [4.78, 5) is 31.0. The smallest absolute Gasteiger partial charge is 0.248 e. The van der Waals surface area contributed by atoms with Crippen LogP contribution in [0.5, 0.6) is 0 Å². The number of aryl methyl sites for hydroxylation is 1. The number of piperidine rings is 1. The molecule has 1 unspecified atom stereocenters. The van der Waals surface area contributed by atoms with E-state index in [2.05, 4.69) is 22.9 Å². The maximum absolute atomic E-state index is 12.3. The first-order valence-electron chi connectivity index (χ1n) is 10.9. The van der Waals surface area contributed by atoms with Crippen molar-refractivity contribution in [3.63, 3.8) is 0 Å². The van der Waals surface area contributed by atoms with Crippen LogP contribution in [-0.4, -0.2) is 65.7 Å². The Morgan fingerprint density at radius 3 is 2.93 bits per heavy atom. The van der Waals surface area contributed by atoms with E-state index in [9.17, 15) is 4.79 Å². The lowest BCUT2D eigenvalue weighted by Gasteiger charge is -2.34. The van der Waals surface area contributed by atoms with Crippen LogP contribution in [0.2, 0.25) is 0 Å². The number of nitrogens with zero attached hydrogens (tertiary/aromatic N) is 5. The SMILES string of the molecule is COCC(=O)N1CCCC(c2nc(C)c3c(n2)N(CCc2ccccn2)CCC3)C1. The molecule has 1 amide bonds. The molecule has 0 bridgehead atoms. The molecular formula is C23H31N5O2.